The van der Waals surface area contributed by atoms with Crippen LogP contribution in [0.25, 0.3) is 0 Å². The van der Waals surface area contributed by atoms with Crippen molar-refractivity contribution in [3.8, 4) is 0 Å². The Balaban J connectivity index is 1.59. The number of aromatic nitrogens is 2. The van der Waals surface area contributed by atoms with E-state index in [0.717, 1.165) is 25.7 Å². The summed E-state index contributed by atoms with van der Waals surface area (Å²) in [5, 5.41) is 0. The lowest BCUT2D eigenvalue weighted by atomic mass is 9.98. The first kappa shape index (κ1) is 22.1. The molecule has 164 valence electrons. The van der Waals surface area contributed by atoms with E-state index in [0.29, 0.717) is 32.8 Å². The maximum absolute atomic E-state index is 12.9. The van der Waals surface area contributed by atoms with E-state index >= 15 is 0 Å². The van der Waals surface area contributed by atoms with Crippen LogP contribution in [0.3, 0.4) is 0 Å². The van der Waals surface area contributed by atoms with E-state index in [1.165, 1.54) is 18.6 Å². The van der Waals surface area contributed by atoms with Crippen molar-refractivity contribution in [1.29, 1.82) is 0 Å². The molecule has 0 aliphatic carbocycles. The van der Waals surface area contributed by atoms with Crippen molar-refractivity contribution in [2.45, 2.75) is 45.1 Å². The van der Waals surface area contributed by atoms with Crippen molar-refractivity contribution >= 4 is 17.8 Å². The molecule has 1 aromatic rings. The average molecular weight is 418 g/mol. The molecule has 2 unspecified atom stereocenters. The first-order valence-corrected chi connectivity index (χ1v) is 10.7. The number of hydrogen-bond acceptors (Lipinski definition) is 7. The van der Waals surface area contributed by atoms with Crippen LogP contribution in [-0.4, -0.2) is 83.0 Å². The van der Waals surface area contributed by atoms with Gasteiger partial charge < -0.3 is 19.3 Å². The van der Waals surface area contributed by atoms with Crippen LogP contribution in [0.1, 0.15) is 49.5 Å². The van der Waals surface area contributed by atoms with E-state index in [2.05, 4.69) is 9.97 Å². The van der Waals surface area contributed by atoms with Crippen LogP contribution in [0.5, 0.6) is 0 Å². The van der Waals surface area contributed by atoms with Gasteiger partial charge in [0.05, 0.1) is 24.8 Å². The Morgan fingerprint density at radius 3 is 2.83 bits per heavy atom. The SMILES string of the molecule is CCOC(=O)C1CCCN(C(=O)CCN(CC2CCCO2)C(=O)c2cnccn2)C1. The Bertz CT molecular complexity index is 723. The molecule has 2 atom stereocenters. The zero-order chi connectivity index (χ0) is 21.3. The fraction of sp³-hybridized carbons (Fsp3) is 0.667. The molecule has 3 rings (SSSR count). The molecular weight excluding hydrogens is 388 g/mol. The smallest absolute Gasteiger partial charge is 0.310 e. The monoisotopic (exact) mass is 418 g/mol. The molecule has 2 fully saturated rings. The fourth-order valence-electron chi connectivity index (χ4n) is 3.93. The molecule has 30 heavy (non-hydrogen) atoms. The Morgan fingerprint density at radius 1 is 1.27 bits per heavy atom. The highest BCUT2D eigenvalue weighted by Gasteiger charge is 2.30. The highest BCUT2D eigenvalue weighted by atomic mass is 16.5. The second-order valence-electron chi connectivity index (χ2n) is 7.66. The first-order valence-electron chi connectivity index (χ1n) is 10.7. The highest BCUT2D eigenvalue weighted by Crippen LogP contribution is 2.19. The second kappa shape index (κ2) is 11.0. The molecule has 9 nitrogen and oxygen atoms in total. The van der Waals surface area contributed by atoms with Gasteiger partial charge in [0, 0.05) is 51.6 Å². The zero-order valence-corrected chi connectivity index (χ0v) is 17.5. The standard InChI is InChI=1S/C21H30N4O5/c1-2-29-21(28)16-5-3-10-24(14-16)19(26)7-11-25(15-17-6-4-12-30-17)20(27)18-13-22-8-9-23-18/h8-9,13,16-17H,2-7,10-12,14-15H2,1H3. The van der Waals surface area contributed by atoms with Crippen LogP contribution in [0.2, 0.25) is 0 Å². The summed E-state index contributed by atoms with van der Waals surface area (Å²) in [5.41, 5.74) is 0.253. The molecule has 3 heterocycles. The summed E-state index contributed by atoms with van der Waals surface area (Å²) >= 11 is 0. The van der Waals surface area contributed by atoms with Gasteiger partial charge in [-0.25, -0.2) is 4.98 Å². The van der Waals surface area contributed by atoms with E-state index in [1.54, 1.807) is 16.7 Å². The summed E-state index contributed by atoms with van der Waals surface area (Å²) in [7, 11) is 0. The van der Waals surface area contributed by atoms with E-state index in [1.807, 2.05) is 0 Å². The number of rotatable bonds is 8. The minimum atomic E-state index is -0.271. The van der Waals surface area contributed by atoms with Gasteiger partial charge in [0.25, 0.3) is 5.91 Å². The molecule has 2 saturated heterocycles. The number of hydrogen-bond donors (Lipinski definition) is 0. The van der Waals surface area contributed by atoms with E-state index in [4.69, 9.17) is 9.47 Å². The summed E-state index contributed by atoms with van der Waals surface area (Å²) in [6.07, 6.45) is 7.96. The van der Waals surface area contributed by atoms with Crippen molar-refractivity contribution in [3.05, 3.63) is 24.3 Å². The predicted molar refractivity (Wildman–Crippen MR) is 107 cm³/mol. The molecule has 2 aliphatic heterocycles. The number of nitrogens with zero attached hydrogens (tertiary/aromatic N) is 4. The Kier molecular flexibility index (Phi) is 8.12. The van der Waals surface area contributed by atoms with Gasteiger partial charge in [0.2, 0.25) is 5.91 Å². The Hall–Kier alpha value is -2.55. The van der Waals surface area contributed by atoms with Crippen LogP contribution in [0.15, 0.2) is 18.6 Å². The average Bonchev–Trinajstić information content (AvgIpc) is 3.30. The maximum Gasteiger partial charge on any atom is 0.310 e. The van der Waals surface area contributed by atoms with Crippen molar-refractivity contribution in [2.24, 2.45) is 5.92 Å². The van der Waals surface area contributed by atoms with E-state index < -0.39 is 0 Å². The van der Waals surface area contributed by atoms with Gasteiger partial charge in [-0.05, 0) is 32.6 Å². The Labute approximate surface area is 176 Å². The van der Waals surface area contributed by atoms with Gasteiger partial charge in [-0.2, -0.15) is 0 Å². The lowest BCUT2D eigenvalue weighted by molar-refractivity contribution is -0.151. The molecule has 0 bridgehead atoms. The van der Waals surface area contributed by atoms with Crippen LogP contribution in [-0.2, 0) is 19.1 Å². The van der Waals surface area contributed by atoms with Crippen LogP contribution in [0, 0.1) is 5.92 Å². The summed E-state index contributed by atoms with van der Waals surface area (Å²) < 4.78 is 10.8. The summed E-state index contributed by atoms with van der Waals surface area (Å²) in [6, 6.07) is 0. The number of carbonyl (C=O) groups is 3. The molecule has 0 saturated carbocycles. The molecule has 2 aliphatic rings. The summed E-state index contributed by atoms with van der Waals surface area (Å²) in [5.74, 6) is -0.831. The topological polar surface area (TPSA) is 102 Å². The molecule has 0 spiro atoms. The largest absolute Gasteiger partial charge is 0.466 e. The van der Waals surface area contributed by atoms with E-state index in [9.17, 15) is 14.4 Å². The number of esters is 1. The number of piperidine rings is 1. The number of ether oxygens (including phenoxy) is 2. The first-order chi connectivity index (χ1) is 14.6. The maximum atomic E-state index is 12.9. The predicted octanol–water partition coefficient (Wildman–Crippen LogP) is 1.29. The minimum absolute atomic E-state index is 0.0242. The van der Waals surface area contributed by atoms with Crippen molar-refractivity contribution in [1.82, 2.24) is 19.8 Å². The summed E-state index contributed by atoms with van der Waals surface area (Å²) in [6.45, 7) is 4.51. The molecular formula is C21H30N4O5. The third-order valence-electron chi connectivity index (χ3n) is 5.51. The normalized spacial score (nSPS) is 21.3. The van der Waals surface area contributed by atoms with Crippen LogP contribution < -0.4 is 0 Å². The lowest BCUT2D eigenvalue weighted by Gasteiger charge is -2.32. The third-order valence-corrected chi connectivity index (χ3v) is 5.51. The van der Waals surface area contributed by atoms with Gasteiger partial charge in [0.1, 0.15) is 5.69 Å². The summed E-state index contributed by atoms with van der Waals surface area (Å²) in [4.78, 5) is 49.2. The lowest BCUT2D eigenvalue weighted by Crippen LogP contribution is -2.45. The molecule has 1 aromatic heterocycles. The van der Waals surface area contributed by atoms with Gasteiger partial charge in [-0.1, -0.05) is 0 Å². The van der Waals surface area contributed by atoms with Gasteiger partial charge in [-0.3, -0.25) is 19.4 Å². The van der Waals surface area contributed by atoms with Crippen molar-refractivity contribution in [3.63, 3.8) is 0 Å². The van der Waals surface area contributed by atoms with Gasteiger partial charge in [0.15, 0.2) is 0 Å². The number of likely N-dealkylation sites (tertiary alicyclic amines) is 1. The minimum Gasteiger partial charge on any atom is -0.466 e. The van der Waals surface area contributed by atoms with Crippen LogP contribution in [0.4, 0.5) is 0 Å². The van der Waals surface area contributed by atoms with E-state index in [-0.39, 0.29) is 48.5 Å². The molecule has 2 amide bonds. The second-order valence-corrected chi connectivity index (χ2v) is 7.66. The highest BCUT2D eigenvalue weighted by molar-refractivity contribution is 5.92. The van der Waals surface area contributed by atoms with Gasteiger partial charge in [-0.15, -0.1) is 0 Å². The molecule has 0 aromatic carbocycles. The van der Waals surface area contributed by atoms with Gasteiger partial charge >= 0.3 is 5.97 Å². The number of carbonyl (C=O) groups excluding carboxylic acids is 3. The third kappa shape index (κ3) is 5.98. The molecule has 0 radical (unpaired) electrons. The molecule has 0 N–H and O–H groups in total. The molecule has 9 heteroatoms. The van der Waals surface area contributed by atoms with Crippen LogP contribution >= 0.6 is 0 Å². The Morgan fingerprint density at radius 2 is 2.13 bits per heavy atom. The zero-order valence-electron chi connectivity index (χ0n) is 17.5. The number of amides is 2. The van der Waals surface area contributed by atoms with Crippen molar-refractivity contribution < 1.29 is 23.9 Å². The quantitative estimate of drug-likeness (QED) is 0.586. The van der Waals surface area contributed by atoms with Crippen molar-refractivity contribution in [2.75, 3.05) is 39.4 Å². The fourth-order valence-corrected chi connectivity index (χ4v) is 3.93.